The molecule has 0 saturated carbocycles. The Kier molecular flexibility index (Phi) is 4.77. The normalized spacial score (nSPS) is 27.3. The van der Waals surface area contributed by atoms with Gasteiger partial charge in [0.15, 0.2) is 5.41 Å². The van der Waals surface area contributed by atoms with Gasteiger partial charge in [0.05, 0.1) is 11.6 Å². The molecule has 33 heavy (non-hydrogen) atoms. The van der Waals surface area contributed by atoms with Crippen LogP contribution in [0.1, 0.15) is 35.4 Å². The van der Waals surface area contributed by atoms with E-state index < -0.39 is 41.0 Å². The molecule has 1 spiro atoms. The van der Waals surface area contributed by atoms with Crippen molar-refractivity contribution in [2.45, 2.75) is 37.4 Å². The quantitative estimate of drug-likeness (QED) is 0.663. The van der Waals surface area contributed by atoms with Gasteiger partial charge in [0.2, 0.25) is 11.8 Å². The highest BCUT2D eigenvalue weighted by Gasteiger charge is 2.62. The Labute approximate surface area is 188 Å². The number of halogens is 3. The number of alkyl halides is 3. The molecule has 4 amide bonds. The molecular formula is C24H22F3N3O3. The van der Waals surface area contributed by atoms with E-state index in [0.29, 0.717) is 18.7 Å². The highest BCUT2D eigenvalue weighted by molar-refractivity contribution is 6.20. The number of fused-ring (bicyclic) bond motifs is 4. The standard InChI is InChI=1S/C24H22F3N3O3/c1-29-21(32)23(20(31)28-22(29)33)13-16-11-17(24(25,26)27)7-8-18(16)30-10-9-15(12-19(23)30)14-5-3-2-4-6-14/h2-8,11,15,19H,9-10,12-13H2,1H3,(H,28,31,33)/t15-,19-,23-/m1/s1. The molecule has 5 rings (SSSR count). The van der Waals surface area contributed by atoms with Gasteiger partial charge in [-0.05, 0) is 54.5 Å². The number of hydrogen-bond acceptors (Lipinski definition) is 4. The first-order valence-corrected chi connectivity index (χ1v) is 10.8. The van der Waals surface area contributed by atoms with Crippen molar-refractivity contribution in [3.05, 3.63) is 65.2 Å². The summed E-state index contributed by atoms with van der Waals surface area (Å²) in [5.41, 5.74) is -0.552. The number of imide groups is 2. The molecule has 9 heteroatoms. The number of nitrogens with zero attached hydrogens (tertiary/aromatic N) is 2. The second-order valence-corrected chi connectivity index (χ2v) is 8.95. The van der Waals surface area contributed by atoms with Gasteiger partial charge >= 0.3 is 12.2 Å². The zero-order valence-corrected chi connectivity index (χ0v) is 17.9. The second kappa shape index (κ2) is 7.33. The second-order valence-electron chi connectivity index (χ2n) is 8.95. The first kappa shape index (κ1) is 21.5. The van der Waals surface area contributed by atoms with E-state index in [1.54, 1.807) is 0 Å². The molecule has 0 unspecified atom stereocenters. The molecular weight excluding hydrogens is 435 g/mol. The van der Waals surface area contributed by atoms with Crippen molar-refractivity contribution in [3.8, 4) is 0 Å². The number of urea groups is 1. The maximum absolute atomic E-state index is 13.5. The Morgan fingerprint density at radius 2 is 1.79 bits per heavy atom. The van der Waals surface area contributed by atoms with E-state index in [0.717, 1.165) is 29.0 Å². The van der Waals surface area contributed by atoms with Gasteiger partial charge in [0.25, 0.3) is 0 Å². The van der Waals surface area contributed by atoms with Gasteiger partial charge in [-0.3, -0.25) is 19.8 Å². The van der Waals surface area contributed by atoms with Gasteiger partial charge in [-0.25, -0.2) is 4.79 Å². The maximum atomic E-state index is 13.5. The first-order chi connectivity index (χ1) is 15.6. The van der Waals surface area contributed by atoms with Crippen molar-refractivity contribution in [1.82, 2.24) is 10.2 Å². The van der Waals surface area contributed by atoms with Crippen molar-refractivity contribution < 1.29 is 27.6 Å². The minimum atomic E-state index is -4.55. The third-order valence-corrected chi connectivity index (χ3v) is 7.24. The highest BCUT2D eigenvalue weighted by atomic mass is 19.4. The molecule has 2 saturated heterocycles. The van der Waals surface area contributed by atoms with Crippen LogP contribution in [0, 0.1) is 5.41 Å². The number of rotatable bonds is 1. The zero-order chi connectivity index (χ0) is 23.5. The summed E-state index contributed by atoms with van der Waals surface area (Å²) in [4.78, 5) is 41.7. The lowest BCUT2D eigenvalue weighted by Gasteiger charge is -2.54. The third kappa shape index (κ3) is 3.20. The SMILES string of the molecule is CN1C(=O)NC(=O)[C@]2(Cc3cc(C(F)(F)F)ccc3N3CC[C@@H](c4ccccc4)C[C@@H]32)C1=O. The van der Waals surface area contributed by atoms with E-state index in [1.807, 2.05) is 35.2 Å². The van der Waals surface area contributed by atoms with E-state index in [4.69, 9.17) is 0 Å². The Morgan fingerprint density at radius 1 is 1.06 bits per heavy atom. The van der Waals surface area contributed by atoms with Crippen LogP contribution in [0.15, 0.2) is 48.5 Å². The molecule has 0 bridgehead atoms. The molecule has 172 valence electrons. The van der Waals surface area contributed by atoms with Gasteiger partial charge in [0, 0.05) is 19.3 Å². The van der Waals surface area contributed by atoms with Crippen LogP contribution in [-0.2, 0) is 22.2 Å². The number of hydrogen-bond donors (Lipinski definition) is 1. The number of piperidine rings is 1. The van der Waals surface area contributed by atoms with Crippen LogP contribution < -0.4 is 10.2 Å². The molecule has 3 heterocycles. The van der Waals surface area contributed by atoms with Crippen molar-refractivity contribution in [1.29, 1.82) is 0 Å². The van der Waals surface area contributed by atoms with Gasteiger partial charge in [-0.15, -0.1) is 0 Å². The summed E-state index contributed by atoms with van der Waals surface area (Å²) in [6.07, 6.45) is -3.56. The molecule has 2 aromatic rings. The maximum Gasteiger partial charge on any atom is 0.416 e. The average molecular weight is 457 g/mol. The summed E-state index contributed by atoms with van der Waals surface area (Å²) in [5.74, 6) is -1.35. The van der Waals surface area contributed by atoms with Crippen molar-refractivity contribution in [2.24, 2.45) is 5.41 Å². The number of carbonyl (C=O) groups excluding carboxylic acids is 3. The first-order valence-electron chi connectivity index (χ1n) is 10.8. The Bertz CT molecular complexity index is 1150. The van der Waals surface area contributed by atoms with Crippen LogP contribution in [-0.4, -0.2) is 42.4 Å². The molecule has 2 aromatic carbocycles. The summed E-state index contributed by atoms with van der Waals surface area (Å²) in [6.45, 7) is 0.475. The Hall–Kier alpha value is -3.36. The number of nitrogens with one attached hydrogen (secondary N) is 1. The lowest BCUT2D eigenvalue weighted by molar-refractivity contribution is -0.153. The summed E-state index contributed by atoms with van der Waals surface area (Å²) < 4.78 is 40.3. The average Bonchev–Trinajstić information content (AvgIpc) is 2.80. The minimum absolute atomic E-state index is 0.0730. The van der Waals surface area contributed by atoms with Gasteiger partial charge in [0.1, 0.15) is 0 Å². The highest BCUT2D eigenvalue weighted by Crippen LogP contribution is 2.50. The molecule has 0 radical (unpaired) electrons. The van der Waals surface area contributed by atoms with Gasteiger partial charge in [-0.2, -0.15) is 13.2 Å². The number of barbiturate groups is 1. The number of benzene rings is 2. The van der Waals surface area contributed by atoms with Crippen molar-refractivity contribution in [2.75, 3.05) is 18.5 Å². The minimum Gasteiger partial charge on any atom is -0.367 e. The summed E-state index contributed by atoms with van der Waals surface area (Å²) in [6, 6.07) is 11.8. The lowest BCUT2D eigenvalue weighted by atomic mass is 9.64. The smallest absolute Gasteiger partial charge is 0.367 e. The lowest BCUT2D eigenvalue weighted by Crippen LogP contribution is -2.72. The van der Waals surface area contributed by atoms with E-state index in [9.17, 15) is 27.6 Å². The van der Waals surface area contributed by atoms with Crippen molar-refractivity contribution in [3.63, 3.8) is 0 Å². The fourth-order valence-corrected chi connectivity index (χ4v) is 5.58. The molecule has 0 aromatic heterocycles. The van der Waals surface area contributed by atoms with Crippen LogP contribution >= 0.6 is 0 Å². The predicted molar refractivity (Wildman–Crippen MR) is 113 cm³/mol. The van der Waals surface area contributed by atoms with E-state index in [2.05, 4.69) is 5.32 Å². The zero-order valence-electron chi connectivity index (χ0n) is 17.9. The molecule has 3 atom stereocenters. The van der Waals surface area contributed by atoms with Crippen LogP contribution in [0.25, 0.3) is 0 Å². The number of carbonyl (C=O) groups is 3. The van der Waals surface area contributed by atoms with Crippen molar-refractivity contribution >= 4 is 23.5 Å². The summed E-state index contributed by atoms with van der Waals surface area (Å²) in [5, 5.41) is 2.26. The van der Waals surface area contributed by atoms with Crippen LogP contribution in [0.4, 0.5) is 23.7 Å². The number of anilines is 1. The Balaban J connectivity index is 1.65. The predicted octanol–water partition coefficient (Wildman–Crippen LogP) is 3.71. The monoisotopic (exact) mass is 457 g/mol. The van der Waals surface area contributed by atoms with E-state index in [1.165, 1.54) is 13.1 Å². The third-order valence-electron chi connectivity index (χ3n) is 7.24. The molecule has 1 N–H and O–H groups in total. The molecule has 3 aliphatic rings. The molecule has 2 fully saturated rings. The largest absolute Gasteiger partial charge is 0.416 e. The molecule has 3 aliphatic heterocycles. The molecule has 6 nitrogen and oxygen atoms in total. The van der Waals surface area contributed by atoms with Crippen LogP contribution in [0.3, 0.4) is 0 Å². The van der Waals surface area contributed by atoms with Gasteiger partial charge < -0.3 is 4.90 Å². The fraction of sp³-hybridized carbons (Fsp3) is 0.375. The topological polar surface area (TPSA) is 69.7 Å². The van der Waals surface area contributed by atoms with E-state index in [-0.39, 0.29) is 17.9 Å². The Morgan fingerprint density at radius 3 is 2.48 bits per heavy atom. The summed E-state index contributed by atoms with van der Waals surface area (Å²) in [7, 11) is 1.29. The van der Waals surface area contributed by atoms with E-state index >= 15 is 0 Å². The summed E-state index contributed by atoms with van der Waals surface area (Å²) >= 11 is 0. The fourth-order valence-electron chi connectivity index (χ4n) is 5.58. The number of amides is 4. The van der Waals surface area contributed by atoms with Gasteiger partial charge in [-0.1, -0.05) is 30.3 Å². The van der Waals surface area contributed by atoms with Crippen LogP contribution in [0.5, 0.6) is 0 Å². The molecule has 0 aliphatic carbocycles. The van der Waals surface area contributed by atoms with Crippen LogP contribution in [0.2, 0.25) is 0 Å².